The van der Waals surface area contributed by atoms with Crippen molar-refractivity contribution in [2.45, 2.75) is 45.2 Å². The van der Waals surface area contributed by atoms with Gasteiger partial charge in [0.1, 0.15) is 12.4 Å². The molecule has 0 atom stereocenters. The van der Waals surface area contributed by atoms with E-state index in [1.807, 2.05) is 18.2 Å². The van der Waals surface area contributed by atoms with Gasteiger partial charge in [-0.15, -0.1) is 6.42 Å². The molecule has 2 nitrogen and oxygen atoms in total. The summed E-state index contributed by atoms with van der Waals surface area (Å²) in [6.45, 7) is 3.54. The van der Waals surface area contributed by atoms with E-state index < -0.39 is 0 Å². The van der Waals surface area contributed by atoms with E-state index >= 15 is 0 Å². The van der Waals surface area contributed by atoms with E-state index in [0.717, 1.165) is 18.2 Å². The molecule has 0 spiro atoms. The van der Waals surface area contributed by atoms with Crippen LogP contribution in [0.25, 0.3) is 0 Å². The third kappa shape index (κ3) is 4.29. The maximum atomic E-state index is 5.57. The molecule has 0 aliphatic heterocycles. The molecule has 0 radical (unpaired) electrons. The lowest BCUT2D eigenvalue weighted by Gasteiger charge is -2.27. The van der Waals surface area contributed by atoms with Gasteiger partial charge in [0.2, 0.25) is 0 Å². The van der Waals surface area contributed by atoms with Crippen LogP contribution in [-0.4, -0.2) is 12.6 Å². The third-order valence-electron chi connectivity index (χ3n) is 3.88. The Balaban J connectivity index is 1.87. The first-order chi connectivity index (χ1) is 9.29. The maximum Gasteiger partial charge on any atom is 0.148 e. The molecule has 1 aliphatic carbocycles. The second kappa shape index (κ2) is 7.21. The van der Waals surface area contributed by atoms with E-state index in [1.165, 1.54) is 31.2 Å². The van der Waals surface area contributed by atoms with Crippen molar-refractivity contribution in [1.82, 2.24) is 5.32 Å². The molecule has 19 heavy (non-hydrogen) atoms. The first kappa shape index (κ1) is 14.0. The van der Waals surface area contributed by atoms with Crippen molar-refractivity contribution in [1.29, 1.82) is 0 Å². The normalized spacial score (nSPS) is 22.7. The van der Waals surface area contributed by atoms with Gasteiger partial charge in [0.15, 0.2) is 0 Å². The Kier molecular flexibility index (Phi) is 5.30. The van der Waals surface area contributed by atoms with Gasteiger partial charge < -0.3 is 10.1 Å². The van der Waals surface area contributed by atoms with Crippen molar-refractivity contribution in [3.8, 4) is 18.1 Å². The van der Waals surface area contributed by atoms with Crippen LogP contribution in [0.15, 0.2) is 24.3 Å². The smallest absolute Gasteiger partial charge is 0.148 e. The van der Waals surface area contributed by atoms with Crippen molar-refractivity contribution < 1.29 is 4.74 Å². The summed E-state index contributed by atoms with van der Waals surface area (Å²) in [6.07, 6.45) is 10.5. The van der Waals surface area contributed by atoms with E-state index in [0.29, 0.717) is 12.6 Å². The third-order valence-corrected chi connectivity index (χ3v) is 3.88. The predicted octanol–water partition coefficient (Wildman–Crippen LogP) is 3.37. The average molecular weight is 257 g/mol. The van der Waals surface area contributed by atoms with Crippen LogP contribution >= 0.6 is 0 Å². The summed E-state index contributed by atoms with van der Waals surface area (Å²) >= 11 is 0. The highest BCUT2D eigenvalue weighted by molar-refractivity contribution is 5.33. The van der Waals surface area contributed by atoms with Gasteiger partial charge >= 0.3 is 0 Å². The summed E-state index contributed by atoms with van der Waals surface area (Å²) < 4.78 is 5.57. The summed E-state index contributed by atoms with van der Waals surface area (Å²) in [5.74, 6) is 4.30. The highest BCUT2D eigenvalue weighted by Crippen LogP contribution is 2.24. The number of benzene rings is 1. The fraction of sp³-hybridized carbons (Fsp3) is 0.529. The minimum Gasteiger partial charge on any atom is -0.481 e. The number of hydrogen-bond acceptors (Lipinski definition) is 2. The molecule has 1 aromatic rings. The zero-order valence-corrected chi connectivity index (χ0v) is 11.7. The van der Waals surface area contributed by atoms with Crippen LogP contribution in [0.2, 0.25) is 0 Å². The van der Waals surface area contributed by atoms with Crippen LogP contribution in [-0.2, 0) is 6.54 Å². The number of ether oxygens (including phenoxy) is 1. The van der Waals surface area contributed by atoms with Crippen LogP contribution in [0.1, 0.15) is 38.2 Å². The maximum absolute atomic E-state index is 5.57. The molecule has 1 saturated carbocycles. The second-order valence-corrected chi connectivity index (χ2v) is 5.44. The summed E-state index contributed by atoms with van der Waals surface area (Å²) in [5, 5.41) is 3.64. The molecule has 1 aliphatic rings. The zero-order chi connectivity index (χ0) is 13.5. The van der Waals surface area contributed by atoms with Crippen LogP contribution in [0.4, 0.5) is 0 Å². The number of terminal acetylenes is 1. The SMILES string of the molecule is C#CCOc1ccccc1CNC1CCC(C)CC1. The van der Waals surface area contributed by atoms with Crippen LogP contribution in [0.5, 0.6) is 5.75 Å². The summed E-state index contributed by atoms with van der Waals surface area (Å²) in [7, 11) is 0. The molecule has 0 unspecified atom stereocenters. The quantitative estimate of drug-likeness (QED) is 0.817. The molecule has 1 N–H and O–H groups in total. The Morgan fingerprint density at radius 2 is 2.00 bits per heavy atom. The van der Waals surface area contributed by atoms with Gasteiger partial charge in [0, 0.05) is 18.2 Å². The first-order valence-electron chi connectivity index (χ1n) is 7.17. The highest BCUT2D eigenvalue weighted by atomic mass is 16.5. The zero-order valence-electron chi connectivity index (χ0n) is 11.7. The molecule has 102 valence electrons. The molecular weight excluding hydrogens is 234 g/mol. The van der Waals surface area contributed by atoms with Crippen LogP contribution in [0, 0.1) is 18.3 Å². The van der Waals surface area contributed by atoms with Gasteiger partial charge in [-0.05, 0) is 37.7 Å². The van der Waals surface area contributed by atoms with E-state index in [9.17, 15) is 0 Å². The van der Waals surface area contributed by atoms with E-state index in [2.05, 4.69) is 24.2 Å². The van der Waals surface area contributed by atoms with Crippen LogP contribution < -0.4 is 10.1 Å². The van der Waals surface area contributed by atoms with Crippen molar-refractivity contribution in [3.05, 3.63) is 29.8 Å². The number of para-hydroxylation sites is 1. The van der Waals surface area contributed by atoms with Crippen molar-refractivity contribution in [2.75, 3.05) is 6.61 Å². The molecule has 0 aromatic heterocycles. The Morgan fingerprint density at radius 1 is 1.26 bits per heavy atom. The Labute approximate surface area is 116 Å². The monoisotopic (exact) mass is 257 g/mol. The van der Waals surface area contributed by atoms with Gasteiger partial charge in [-0.3, -0.25) is 0 Å². The average Bonchev–Trinajstić information content (AvgIpc) is 2.45. The van der Waals surface area contributed by atoms with Gasteiger partial charge in [0.05, 0.1) is 0 Å². The second-order valence-electron chi connectivity index (χ2n) is 5.44. The topological polar surface area (TPSA) is 21.3 Å². The molecule has 1 fully saturated rings. The Morgan fingerprint density at radius 3 is 2.74 bits per heavy atom. The molecule has 0 amide bonds. The van der Waals surface area contributed by atoms with E-state index in [4.69, 9.17) is 11.2 Å². The molecule has 1 aromatic carbocycles. The van der Waals surface area contributed by atoms with Gasteiger partial charge in [-0.25, -0.2) is 0 Å². The Bertz CT molecular complexity index is 427. The van der Waals surface area contributed by atoms with Crippen molar-refractivity contribution >= 4 is 0 Å². The summed E-state index contributed by atoms with van der Waals surface area (Å²) in [4.78, 5) is 0. The minimum atomic E-state index is 0.331. The van der Waals surface area contributed by atoms with Gasteiger partial charge in [0.25, 0.3) is 0 Å². The van der Waals surface area contributed by atoms with Gasteiger partial charge in [-0.2, -0.15) is 0 Å². The predicted molar refractivity (Wildman–Crippen MR) is 79.0 cm³/mol. The number of hydrogen-bond donors (Lipinski definition) is 1. The lowest BCUT2D eigenvalue weighted by atomic mass is 9.87. The first-order valence-corrected chi connectivity index (χ1v) is 7.17. The lowest BCUT2D eigenvalue weighted by molar-refractivity contribution is 0.304. The fourth-order valence-electron chi connectivity index (χ4n) is 2.63. The molecular formula is C17H23NO. The van der Waals surface area contributed by atoms with Crippen LogP contribution in [0.3, 0.4) is 0 Å². The summed E-state index contributed by atoms with van der Waals surface area (Å²) in [5.41, 5.74) is 1.19. The summed E-state index contributed by atoms with van der Waals surface area (Å²) in [6, 6.07) is 8.76. The molecule has 2 heteroatoms. The molecule has 2 rings (SSSR count). The van der Waals surface area contributed by atoms with E-state index in [-0.39, 0.29) is 0 Å². The molecule has 0 bridgehead atoms. The highest BCUT2D eigenvalue weighted by Gasteiger charge is 2.17. The number of nitrogens with one attached hydrogen (secondary N) is 1. The molecule has 0 heterocycles. The minimum absolute atomic E-state index is 0.331. The van der Waals surface area contributed by atoms with Crippen molar-refractivity contribution in [2.24, 2.45) is 5.92 Å². The Hall–Kier alpha value is -1.46. The molecule has 0 saturated heterocycles. The largest absolute Gasteiger partial charge is 0.481 e. The van der Waals surface area contributed by atoms with Gasteiger partial charge in [-0.1, -0.05) is 31.0 Å². The number of rotatable bonds is 5. The fourth-order valence-corrected chi connectivity index (χ4v) is 2.63. The van der Waals surface area contributed by atoms with Crippen molar-refractivity contribution in [3.63, 3.8) is 0 Å². The lowest BCUT2D eigenvalue weighted by Crippen LogP contribution is -2.32. The standard InChI is InChI=1S/C17H23NO/c1-3-12-19-17-7-5-4-6-15(17)13-18-16-10-8-14(2)9-11-16/h1,4-7,14,16,18H,8-13H2,2H3. The van der Waals surface area contributed by atoms with E-state index in [1.54, 1.807) is 0 Å².